The topological polar surface area (TPSA) is 57.6 Å². The number of hydrogen-bond donors (Lipinski definition) is 2. The summed E-state index contributed by atoms with van der Waals surface area (Å²) in [5, 5.41) is 16.4. The van der Waals surface area contributed by atoms with Crippen molar-refractivity contribution in [3.63, 3.8) is 0 Å². The molecule has 1 aromatic heterocycles. The second-order valence-electron chi connectivity index (χ2n) is 4.88. The Morgan fingerprint density at radius 3 is 3.00 bits per heavy atom. The molecule has 0 radical (unpaired) electrons. The van der Waals surface area contributed by atoms with Crippen molar-refractivity contribution in [3.8, 4) is 0 Å². The number of ether oxygens (including phenoxy) is 1. The number of aryl methyl sites for hydroxylation is 1. The molecule has 1 unspecified atom stereocenters. The Balaban J connectivity index is 1.54. The number of nitrogens with one attached hydrogen (secondary N) is 1. The third kappa shape index (κ3) is 5.54. The van der Waals surface area contributed by atoms with Gasteiger partial charge in [-0.15, -0.1) is 11.3 Å². The van der Waals surface area contributed by atoms with Crippen molar-refractivity contribution in [1.29, 1.82) is 0 Å². The minimum Gasteiger partial charge on any atom is -0.390 e. The molecule has 2 rings (SSSR count). The predicted octanol–water partition coefficient (Wildman–Crippen LogP) is 0.277. The Labute approximate surface area is 118 Å². The Kier molecular flexibility index (Phi) is 6.19. The van der Waals surface area contributed by atoms with Gasteiger partial charge in [-0.05, 0) is 6.92 Å². The van der Waals surface area contributed by atoms with Gasteiger partial charge in [-0.3, -0.25) is 4.90 Å². The fraction of sp³-hybridized carbons (Fsp3) is 0.769. The maximum Gasteiger partial charge on any atom is 0.0897 e. The van der Waals surface area contributed by atoms with Crippen LogP contribution in [0.3, 0.4) is 0 Å². The smallest absolute Gasteiger partial charge is 0.0897 e. The summed E-state index contributed by atoms with van der Waals surface area (Å²) in [4.78, 5) is 6.66. The van der Waals surface area contributed by atoms with Crippen LogP contribution in [0.25, 0.3) is 0 Å². The van der Waals surface area contributed by atoms with Crippen LogP contribution in [0.5, 0.6) is 0 Å². The number of β-amino-alcohol motifs (C(OH)–C–C–N with tert-alkyl or cyclic N) is 1. The first kappa shape index (κ1) is 14.9. The Morgan fingerprint density at radius 1 is 1.53 bits per heavy atom. The summed E-state index contributed by atoms with van der Waals surface area (Å²) < 4.78 is 5.29. The quantitative estimate of drug-likeness (QED) is 0.705. The van der Waals surface area contributed by atoms with Gasteiger partial charge in [0.1, 0.15) is 0 Å². The summed E-state index contributed by atoms with van der Waals surface area (Å²) >= 11 is 1.69. The fourth-order valence-corrected chi connectivity index (χ4v) is 2.80. The molecule has 0 amide bonds. The van der Waals surface area contributed by atoms with Crippen molar-refractivity contribution < 1.29 is 9.84 Å². The van der Waals surface area contributed by atoms with Crippen LogP contribution in [-0.4, -0.2) is 67.0 Å². The van der Waals surface area contributed by atoms with Crippen molar-refractivity contribution >= 4 is 11.3 Å². The summed E-state index contributed by atoms with van der Waals surface area (Å²) in [7, 11) is 0. The van der Waals surface area contributed by atoms with Crippen LogP contribution in [0, 0.1) is 6.92 Å². The molecule has 2 heterocycles. The molecule has 1 atom stereocenters. The molecule has 1 aliphatic rings. The zero-order valence-corrected chi connectivity index (χ0v) is 12.3. The van der Waals surface area contributed by atoms with Gasteiger partial charge < -0.3 is 15.2 Å². The van der Waals surface area contributed by atoms with Crippen LogP contribution >= 0.6 is 11.3 Å². The van der Waals surface area contributed by atoms with Crippen molar-refractivity contribution in [2.75, 3.05) is 45.9 Å². The average Bonchev–Trinajstić information content (AvgIpc) is 2.82. The highest BCUT2D eigenvalue weighted by Crippen LogP contribution is 2.07. The Morgan fingerprint density at radius 2 is 2.32 bits per heavy atom. The van der Waals surface area contributed by atoms with Crippen LogP contribution in [-0.2, 0) is 11.2 Å². The van der Waals surface area contributed by atoms with E-state index in [1.165, 1.54) is 0 Å². The number of morpholine rings is 1. The summed E-state index contributed by atoms with van der Waals surface area (Å²) in [6.07, 6.45) is 0.615. The fourth-order valence-electron chi connectivity index (χ4n) is 2.15. The first-order chi connectivity index (χ1) is 9.24. The predicted molar refractivity (Wildman–Crippen MR) is 76.7 cm³/mol. The van der Waals surface area contributed by atoms with Gasteiger partial charge >= 0.3 is 0 Å². The van der Waals surface area contributed by atoms with E-state index in [2.05, 4.69) is 20.6 Å². The van der Waals surface area contributed by atoms with Gasteiger partial charge in [0, 0.05) is 44.5 Å². The molecule has 1 aromatic rings. The van der Waals surface area contributed by atoms with Crippen molar-refractivity contribution in [3.05, 3.63) is 16.1 Å². The molecule has 6 heteroatoms. The van der Waals surface area contributed by atoms with Gasteiger partial charge in [-0.1, -0.05) is 0 Å². The molecule has 0 bridgehead atoms. The molecule has 0 aliphatic carbocycles. The highest BCUT2D eigenvalue weighted by atomic mass is 32.1. The van der Waals surface area contributed by atoms with E-state index >= 15 is 0 Å². The van der Waals surface area contributed by atoms with Gasteiger partial charge in [0.25, 0.3) is 0 Å². The third-order valence-corrected chi connectivity index (χ3v) is 4.00. The lowest BCUT2D eigenvalue weighted by Crippen LogP contribution is -2.43. The molecule has 1 aliphatic heterocycles. The van der Waals surface area contributed by atoms with E-state index in [9.17, 15) is 5.11 Å². The lowest BCUT2D eigenvalue weighted by Gasteiger charge is -2.28. The van der Waals surface area contributed by atoms with E-state index < -0.39 is 0 Å². The van der Waals surface area contributed by atoms with Gasteiger partial charge in [0.2, 0.25) is 0 Å². The number of rotatable bonds is 7. The van der Waals surface area contributed by atoms with Crippen LogP contribution in [0.2, 0.25) is 0 Å². The standard InChI is InChI=1S/C13H23N3O2S/c1-11-15-12(10-19-11)2-3-14-8-13(17)9-16-4-6-18-7-5-16/h10,13-14,17H,2-9H2,1H3. The lowest BCUT2D eigenvalue weighted by atomic mass is 10.3. The molecule has 0 spiro atoms. The number of hydrogen-bond acceptors (Lipinski definition) is 6. The van der Waals surface area contributed by atoms with Gasteiger partial charge in [0.05, 0.1) is 30.0 Å². The van der Waals surface area contributed by atoms with Gasteiger partial charge in [-0.25, -0.2) is 4.98 Å². The second kappa shape index (κ2) is 7.91. The monoisotopic (exact) mass is 285 g/mol. The molecular formula is C13H23N3O2S. The number of aliphatic hydroxyl groups is 1. The van der Waals surface area contributed by atoms with Crippen LogP contribution in [0.4, 0.5) is 0 Å². The summed E-state index contributed by atoms with van der Waals surface area (Å²) in [5.74, 6) is 0. The van der Waals surface area contributed by atoms with E-state index in [1.54, 1.807) is 11.3 Å². The van der Waals surface area contributed by atoms with Crippen molar-refractivity contribution in [2.24, 2.45) is 0 Å². The lowest BCUT2D eigenvalue weighted by molar-refractivity contribution is 0.0150. The van der Waals surface area contributed by atoms with Gasteiger partial charge in [-0.2, -0.15) is 0 Å². The largest absolute Gasteiger partial charge is 0.390 e. The number of thiazole rings is 1. The molecule has 19 heavy (non-hydrogen) atoms. The second-order valence-corrected chi connectivity index (χ2v) is 5.94. The molecular weight excluding hydrogens is 262 g/mol. The van der Waals surface area contributed by atoms with Crippen LogP contribution in [0.1, 0.15) is 10.7 Å². The number of nitrogens with zero attached hydrogens (tertiary/aromatic N) is 2. The van der Waals surface area contributed by atoms with Crippen LogP contribution < -0.4 is 5.32 Å². The third-order valence-electron chi connectivity index (χ3n) is 3.18. The number of aromatic nitrogens is 1. The molecule has 1 saturated heterocycles. The highest BCUT2D eigenvalue weighted by Gasteiger charge is 2.14. The molecule has 108 valence electrons. The molecule has 0 aromatic carbocycles. The summed E-state index contributed by atoms with van der Waals surface area (Å²) in [6.45, 7) is 7.67. The van der Waals surface area contributed by atoms with Crippen molar-refractivity contribution in [2.45, 2.75) is 19.4 Å². The zero-order valence-electron chi connectivity index (χ0n) is 11.5. The Bertz CT molecular complexity index is 367. The highest BCUT2D eigenvalue weighted by molar-refractivity contribution is 7.09. The van der Waals surface area contributed by atoms with Crippen molar-refractivity contribution in [1.82, 2.24) is 15.2 Å². The first-order valence-electron chi connectivity index (χ1n) is 6.84. The summed E-state index contributed by atoms with van der Waals surface area (Å²) in [6, 6.07) is 0. The van der Waals surface area contributed by atoms with E-state index in [0.29, 0.717) is 6.54 Å². The average molecular weight is 285 g/mol. The summed E-state index contributed by atoms with van der Waals surface area (Å²) in [5.41, 5.74) is 1.14. The van der Waals surface area contributed by atoms with E-state index in [-0.39, 0.29) is 6.10 Å². The van der Waals surface area contributed by atoms with E-state index in [0.717, 1.165) is 56.5 Å². The SMILES string of the molecule is Cc1nc(CCNCC(O)CN2CCOCC2)cs1. The maximum atomic E-state index is 9.94. The Hall–Kier alpha value is -0.530. The molecule has 5 nitrogen and oxygen atoms in total. The van der Waals surface area contributed by atoms with E-state index in [4.69, 9.17) is 4.74 Å². The molecule has 0 saturated carbocycles. The molecule has 1 fully saturated rings. The maximum absolute atomic E-state index is 9.94. The molecule has 2 N–H and O–H groups in total. The minimum atomic E-state index is -0.310. The minimum absolute atomic E-state index is 0.310. The zero-order chi connectivity index (χ0) is 13.5. The van der Waals surface area contributed by atoms with Crippen LogP contribution in [0.15, 0.2) is 5.38 Å². The normalized spacial score (nSPS) is 18.6. The van der Waals surface area contributed by atoms with Gasteiger partial charge in [0.15, 0.2) is 0 Å². The number of aliphatic hydroxyl groups excluding tert-OH is 1. The van der Waals surface area contributed by atoms with E-state index in [1.807, 2.05) is 6.92 Å². The first-order valence-corrected chi connectivity index (χ1v) is 7.72.